The van der Waals surface area contributed by atoms with Crippen LogP contribution in [0.3, 0.4) is 0 Å². The van der Waals surface area contributed by atoms with Gasteiger partial charge in [0.2, 0.25) is 5.91 Å². The van der Waals surface area contributed by atoms with Crippen LogP contribution in [0.1, 0.15) is 17.5 Å². The van der Waals surface area contributed by atoms with Crippen LogP contribution in [0.25, 0.3) is 0 Å². The fraction of sp³-hybridized carbons (Fsp3) is 0.125. The molecule has 3 nitrogen and oxygen atoms in total. The van der Waals surface area contributed by atoms with Crippen molar-refractivity contribution >= 4 is 12.1 Å². The van der Waals surface area contributed by atoms with E-state index in [1.54, 1.807) is 6.21 Å². The molecule has 0 aromatic heterocycles. The van der Waals surface area contributed by atoms with Gasteiger partial charge in [-0.25, -0.2) is 5.43 Å². The van der Waals surface area contributed by atoms with Crippen molar-refractivity contribution in [1.29, 1.82) is 0 Å². The lowest BCUT2D eigenvalue weighted by Crippen LogP contribution is -2.17. The topological polar surface area (TPSA) is 41.5 Å². The predicted molar refractivity (Wildman–Crippen MR) is 76.9 cm³/mol. The Morgan fingerprint density at radius 2 is 1.63 bits per heavy atom. The Kier molecular flexibility index (Phi) is 4.87. The highest BCUT2D eigenvalue weighted by molar-refractivity contribution is 5.82. The molecular weight excluding hydrogens is 236 g/mol. The number of nitrogens with one attached hydrogen (secondary N) is 1. The molecule has 0 aliphatic carbocycles. The number of benzene rings is 2. The first kappa shape index (κ1) is 13.0. The number of hydrogen-bond acceptors (Lipinski definition) is 2. The second-order valence-electron chi connectivity index (χ2n) is 4.19. The van der Waals surface area contributed by atoms with Crippen molar-refractivity contribution in [2.45, 2.75) is 12.8 Å². The number of aryl methyl sites for hydroxylation is 1. The molecule has 0 aliphatic heterocycles. The van der Waals surface area contributed by atoms with Crippen molar-refractivity contribution in [1.82, 2.24) is 5.43 Å². The van der Waals surface area contributed by atoms with E-state index < -0.39 is 0 Å². The minimum Gasteiger partial charge on any atom is -0.273 e. The van der Waals surface area contributed by atoms with E-state index in [9.17, 15) is 4.79 Å². The minimum atomic E-state index is -0.0731. The molecule has 0 spiro atoms. The van der Waals surface area contributed by atoms with Crippen LogP contribution in [-0.4, -0.2) is 12.1 Å². The van der Waals surface area contributed by atoms with E-state index in [0.717, 1.165) is 17.5 Å². The van der Waals surface area contributed by atoms with Gasteiger partial charge in [-0.3, -0.25) is 4.79 Å². The molecule has 0 aliphatic rings. The van der Waals surface area contributed by atoms with Gasteiger partial charge in [-0.15, -0.1) is 0 Å². The van der Waals surface area contributed by atoms with Crippen LogP contribution in [0, 0.1) is 0 Å². The smallest absolute Gasteiger partial charge is 0.240 e. The first-order valence-electron chi connectivity index (χ1n) is 6.25. The molecule has 96 valence electrons. The molecule has 0 saturated carbocycles. The van der Waals surface area contributed by atoms with E-state index in [2.05, 4.69) is 10.5 Å². The van der Waals surface area contributed by atoms with Crippen LogP contribution in [-0.2, 0) is 11.2 Å². The molecule has 1 N–H and O–H groups in total. The van der Waals surface area contributed by atoms with Crippen LogP contribution in [0.5, 0.6) is 0 Å². The second-order valence-corrected chi connectivity index (χ2v) is 4.19. The molecule has 2 aromatic carbocycles. The number of rotatable bonds is 5. The Hall–Kier alpha value is -2.42. The van der Waals surface area contributed by atoms with E-state index in [0.29, 0.717) is 6.42 Å². The normalized spacial score (nSPS) is 10.5. The van der Waals surface area contributed by atoms with Crippen LogP contribution in [0.15, 0.2) is 65.8 Å². The maximum absolute atomic E-state index is 11.6. The number of carbonyl (C=O) groups excluding carboxylic acids is 1. The second kappa shape index (κ2) is 7.11. The van der Waals surface area contributed by atoms with Gasteiger partial charge in [0.05, 0.1) is 6.21 Å². The van der Waals surface area contributed by atoms with Crippen LogP contribution >= 0.6 is 0 Å². The fourth-order valence-corrected chi connectivity index (χ4v) is 1.68. The highest BCUT2D eigenvalue weighted by atomic mass is 16.2. The quantitative estimate of drug-likeness (QED) is 0.645. The average molecular weight is 252 g/mol. The zero-order valence-electron chi connectivity index (χ0n) is 10.6. The molecule has 2 aromatic rings. The summed E-state index contributed by atoms with van der Waals surface area (Å²) in [5.74, 6) is -0.0731. The summed E-state index contributed by atoms with van der Waals surface area (Å²) in [4.78, 5) is 11.6. The van der Waals surface area contributed by atoms with Crippen molar-refractivity contribution in [2.24, 2.45) is 5.10 Å². The molecule has 0 fully saturated rings. The minimum absolute atomic E-state index is 0.0731. The number of amides is 1. The van der Waals surface area contributed by atoms with E-state index in [-0.39, 0.29) is 5.91 Å². The molecule has 1 amide bonds. The van der Waals surface area contributed by atoms with Gasteiger partial charge >= 0.3 is 0 Å². The highest BCUT2D eigenvalue weighted by Crippen LogP contribution is 2.02. The summed E-state index contributed by atoms with van der Waals surface area (Å²) in [7, 11) is 0. The summed E-state index contributed by atoms with van der Waals surface area (Å²) in [5.41, 5.74) is 4.65. The Morgan fingerprint density at radius 3 is 2.32 bits per heavy atom. The number of nitrogens with zero attached hydrogens (tertiary/aromatic N) is 1. The molecule has 0 saturated heterocycles. The van der Waals surface area contributed by atoms with Gasteiger partial charge in [-0.05, 0) is 17.5 Å². The lowest BCUT2D eigenvalue weighted by Gasteiger charge is -2.00. The Labute approximate surface area is 113 Å². The molecule has 0 radical (unpaired) electrons. The largest absolute Gasteiger partial charge is 0.273 e. The Morgan fingerprint density at radius 1 is 1.00 bits per heavy atom. The van der Waals surface area contributed by atoms with Crippen molar-refractivity contribution in [3.63, 3.8) is 0 Å². The molecule has 2 rings (SSSR count). The van der Waals surface area contributed by atoms with Crippen LogP contribution in [0.4, 0.5) is 0 Å². The number of hydrazone groups is 1. The van der Waals surface area contributed by atoms with Gasteiger partial charge in [0.25, 0.3) is 0 Å². The summed E-state index contributed by atoms with van der Waals surface area (Å²) >= 11 is 0. The SMILES string of the molecule is O=C(CCc1ccccc1)N/N=C\c1ccccc1. The zero-order chi connectivity index (χ0) is 13.3. The van der Waals surface area contributed by atoms with Gasteiger partial charge < -0.3 is 0 Å². The zero-order valence-corrected chi connectivity index (χ0v) is 10.6. The molecule has 0 heterocycles. The van der Waals surface area contributed by atoms with Crippen molar-refractivity contribution in [3.8, 4) is 0 Å². The van der Waals surface area contributed by atoms with Gasteiger partial charge in [-0.1, -0.05) is 60.7 Å². The first-order chi connectivity index (χ1) is 9.34. The summed E-state index contributed by atoms with van der Waals surface area (Å²) in [6, 6.07) is 19.6. The molecule has 0 bridgehead atoms. The maximum Gasteiger partial charge on any atom is 0.240 e. The predicted octanol–water partition coefficient (Wildman–Crippen LogP) is 2.77. The van der Waals surface area contributed by atoms with Gasteiger partial charge in [0.15, 0.2) is 0 Å². The van der Waals surface area contributed by atoms with Gasteiger partial charge in [-0.2, -0.15) is 5.10 Å². The third kappa shape index (κ3) is 4.76. The summed E-state index contributed by atoms with van der Waals surface area (Å²) < 4.78 is 0. The third-order valence-electron chi connectivity index (χ3n) is 2.69. The molecule has 0 atom stereocenters. The van der Waals surface area contributed by atoms with Gasteiger partial charge in [0.1, 0.15) is 0 Å². The first-order valence-corrected chi connectivity index (χ1v) is 6.25. The lowest BCUT2D eigenvalue weighted by molar-refractivity contribution is -0.121. The highest BCUT2D eigenvalue weighted by Gasteiger charge is 1.99. The number of carbonyl (C=O) groups is 1. The monoisotopic (exact) mass is 252 g/mol. The third-order valence-corrected chi connectivity index (χ3v) is 2.69. The summed E-state index contributed by atoms with van der Waals surface area (Å²) in [5, 5.41) is 3.93. The van der Waals surface area contributed by atoms with Crippen LogP contribution < -0.4 is 5.43 Å². The molecule has 19 heavy (non-hydrogen) atoms. The number of hydrogen-bond donors (Lipinski definition) is 1. The van der Waals surface area contributed by atoms with E-state index in [1.807, 2.05) is 60.7 Å². The summed E-state index contributed by atoms with van der Waals surface area (Å²) in [6.45, 7) is 0. The maximum atomic E-state index is 11.6. The fourth-order valence-electron chi connectivity index (χ4n) is 1.68. The van der Waals surface area contributed by atoms with E-state index in [4.69, 9.17) is 0 Å². The van der Waals surface area contributed by atoms with E-state index in [1.165, 1.54) is 0 Å². The van der Waals surface area contributed by atoms with Crippen LogP contribution in [0.2, 0.25) is 0 Å². The van der Waals surface area contributed by atoms with Crippen molar-refractivity contribution < 1.29 is 4.79 Å². The Bertz CT molecular complexity index is 535. The van der Waals surface area contributed by atoms with E-state index >= 15 is 0 Å². The molecule has 0 unspecified atom stereocenters. The Balaban J connectivity index is 1.75. The van der Waals surface area contributed by atoms with Gasteiger partial charge in [0, 0.05) is 6.42 Å². The molecular formula is C16H16N2O. The lowest BCUT2D eigenvalue weighted by atomic mass is 10.1. The summed E-state index contributed by atoms with van der Waals surface area (Å²) in [6.07, 6.45) is 2.81. The van der Waals surface area contributed by atoms with Crippen molar-refractivity contribution in [3.05, 3.63) is 71.8 Å². The standard InChI is InChI=1S/C16H16N2O/c19-16(12-11-14-7-3-1-4-8-14)18-17-13-15-9-5-2-6-10-15/h1-10,13H,11-12H2,(H,18,19)/b17-13-. The molecule has 3 heteroatoms. The van der Waals surface area contributed by atoms with Crippen molar-refractivity contribution in [2.75, 3.05) is 0 Å². The average Bonchev–Trinajstić information content (AvgIpc) is 2.47.